The van der Waals surface area contributed by atoms with Crippen molar-refractivity contribution in [2.45, 2.75) is 6.92 Å². The molecule has 31 heavy (non-hydrogen) atoms. The van der Waals surface area contributed by atoms with Gasteiger partial charge in [0.15, 0.2) is 0 Å². The van der Waals surface area contributed by atoms with Crippen LogP contribution in [0.5, 0.6) is 0 Å². The normalized spacial score (nSPS) is 15.0. The first-order valence-corrected chi connectivity index (χ1v) is 9.99. The van der Waals surface area contributed by atoms with Gasteiger partial charge in [0, 0.05) is 17.7 Å². The van der Waals surface area contributed by atoms with Gasteiger partial charge in [-0.1, -0.05) is 34.8 Å². The van der Waals surface area contributed by atoms with Crippen molar-refractivity contribution < 1.29 is 14.1 Å². The predicted molar refractivity (Wildman–Crippen MR) is 121 cm³/mol. The maximum absolute atomic E-state index is 12.9. The average molecular weight is 477 g/mol. The highest BCUT2D eigenvalue weighted by molar-refractivity contribution is 6.42. The van der Waals surface area contributed by atoms with Crippen molar-refractivity contribution in [3.05, 3.63) is 85.0 Å². The largest absolute Gasteiger partial charge is 0.457 e. The van der Waals surface area contributed by atoms with Crippen LogP contribution < -0.4 is 5.01 Å². The predicted octanol–water partition coefficient (Wildman–Crippen LogP) is 6.62. The molecular weight excluding hydrogens is 465 g/mol. The standard InChI is InChI=1S/C21H12Cl3N3O4/c1-11-15(21(28)26(25-11)12-2-6-18(23)19(24)9-12)10-14-4-7-20(31-14)16-8-13(27(29)30)3-5-17(16)22/h2-10H,1H3/b15-10+. The summed E-state index contributed by atoms with van der Waals surface area (Å²) in [7, 11) is 0. The van der Waals surface area contributed by atoms with Gasteiger partial charge in [-0.3, -0.25) is 14.9 Å². The molecule has 0 saturated carbocycles. The Balaban J connectivity index is 1.65. The van der Waals surface area contributed by atoms with E-state index in [0.29, 0.717) is 49.1 Å². The van der Waals surface area contributed by atoms with Crippen molar-refractivity contribution in [3.8, 4) is 11.3 Å². The van der Waals surface area contributed by atoms with E-state index < -0.39 is 4.92 Å². The minimum Gasteiger partial charge on any atom is -0.457 e. The molecule has 1 aliphatic rings. The van der Waals surface area contributed by atoms with Crippen LogP contribution in [0.15, 0.2) is 63.6 Å². The Hall–Kier alpha value is -3.13. The monoisotopic (exact) mass is 475 g/mol. The lowest BCUT2D eigenvalue weighted by atomic mass is 10.1. The quantitative estimate of drug-likeness (QED) is 0.240. The molecule has 4 rings (SSSR count). The Kier molecular flexibility index (Phi) is 5.58. The van der Waals surface area contributed by atoms with E-state index in [0.717, 1.165) is 0 Å². The van der Waals surface area contributed by atoms with Gasteiger partial charge >= 0.3 is 0 Å². The highest BCUT2D eigenvalue weighted by atomic mass is 35.5. The van der Waals surface area contributed by atoms with Gasteiger partial charge in [0.25, 0.3) is 11.6 Å². The molecule has 2 aromatic carbocycles. The molecule has 0 fully saturated rings. The molecule has 1 aromatic heterocycles. The molecule has 0 bridgehead atoms. The number of hydrogen-bond donors (Lipinski definition) is 0. The molecule has 0 aliphatic carbocycles. The van der Waals surface area contributed by atoms with Crippen molar-refractivity contribution in [2.24, 2.45) is 5.10 Å². The fraction of sp³-hybridized carbons (Fsp3) is 0.0476. The molecule has 0 radical (unpaired) electrons. The lowest BCUT2D eigenvalue weighted by Crippen LogP contribution is -2.21. The molecule has 0 spiro atoms. The summed E-state index contributed by atoms with van der Waals surface area (Å²) in [4.78, 5) is 23.4. The first kappa shape index (κ1) is 21.1. The van der Waals surface area contributed by atoms with Crippen LogP contribution in [0.2, 0.25) is 15.1 Å². The van der Waals surface area contributed by atoms with Crippen LogP contribution in [-0.2, 0) is 4.79 Å². The van der Waals surface area contributed by atoms with E-state index >= 15 is 0 Å². The maximum atomic E-state index is 12.9. The molecule has 7 nitrogen and oxygen atoms in total. The molecule has 1 amide bonds. The van der Waals surface area contributed by atoms with Gasteiger partial charge in [-0.05, 0) is 49.4 Å². The fourth-order valence-electron chi connectivity index (χ4n) is 3.01. The van der Waals surface area contributed by atoms with Crippen LogP contribution in [0.1, 0.15) is 12.7 Å². The number of rotatable bonds is 4. The number of amides is 1. The number of non-ortho nitro benzene ring substituents is 1. The second-order valence-electron chi connectivity index (χ2n) is 6.58. The molecule has 0 atom stereocenters. The minimum atomic E-state index is -0.514. The SMILES string of the molecule is CC1=NN(c2ccc(Cl)c(Cl)c2)C(=O)/C1=C/c1ccc(-c2cc([N+](=O)[O-])ccc2Cl)o1. The number of furan rings is 1. The van der Waals surface area contributed by atoms with E-state index in [1.165, 1.54) is 23.2 Å². The molecule has 2 heterocycles. The van der Waals surface area contributed by atoms with Crippen molar-refractivity contribution in [1.82, 2.24) is 0 Å². The summed E-state index contributed by atoms with van der Waals surface area (Å²) in [5.74, 6) is 0.343. The number of carbonyl (C=O) groups is 1. The van der Waals surface area contributed by atoms with Gasteiger partial charge in [0.1, 0.15) is 11.5 Å². The zero-order valence-electron chi connectivity index (χ0n) is 15.8. The third-order valence-corrected chi connectivity index (χ3v) is 5.62. The second-order valence-corrected chi connectivity index (χ2v) is 7.80. The smallest absolute Gasteiger partial charge is 0.280 e. The van der Waals surface area contributed by atoms with Crippen LogP contribution in [0.4, 0.5) is 11.4 Å². The number of nitro benzene ring substituents is 1. The number of hydrogen-bond acceptors (Lipinski definition) is 5. The van der Waals surface area contributed by atoms with Crippen molar-refractivity contribution >= 4 is 63.9 Å². The zero-order valence-corrected chi connectivity index (χ0v) is 18.1. The van der Waals surface area contributed by atoms with Crippen LogP contribution in [-0.4, -0.2) is 16.5 Å². The Labute approximate surface area is 191 Å². The molecule has 1 aliphatic heterocycles. The molecule has 3 aromatic rings. The molecular formula is C21H12Cl3N3O4. The average Bonchev–Trinajstić information content (AvgIpc) is 3.30. The number of nitrogens with zero attached hydrogens (tertiary/aromatic N) is 3. The van der Waals surface area contributed by atoms with E-state index in [2.05, 4.69) is 5.10 Å². The Morgan fingerprint density at radius 1 is 1.03 bits per heavy atom. The van der Waals surface area contributed by atoms with Gasteiger partial charge in [-0.15, -0.1) is 0 Å². The molecule has 10 heteroatoms. The lowest BCUT2D eigenvalue weighted by Gasteiger charge is -2.12. The third kappa shape index (κ3) is 4.07. The first-order chi connectivity index (χ1) is 14.7. The van der Waals surface area contributed by atoms with E-state index in [1.807, 2.05) is 0 Å². The van der Waals surface area contributed by atoms with Crippen LogP contribution in [0.3, 0.4) is 0 Å². The minimum absolute atomic E-state index is 0.109. The number of nitro groups is 1. The van der Waals surface area contributed by atoms with Crippen molar-refractivity contribution in [1.29, 1.82) is 0 Å². The van der Waals surface area contributed by atoms with Gasteiger partial charge < -0.3 is 4.42 Å². The first-order valence-electron chi connectivity index (χ1n) is 8.85. The number of hydrazone groups is 1. The highest BCUT2D eigenvalue weighted by Crippen LogP contribution is 2.34. The van der Waals surface area contributed by atoms with Crippen molar-refractivity contribution in [3.63, 3.8) is 0 Å². The van der Waals surface area contributed by atoms with Crippen LogP contribution in [0.25, 0.3) is 17.4 Å². The summed E-state index contributed by atoms with van der Waals surface area (Å²) in [6, 6.07) is 12.1. The molecule has 0 saturated heterocycles. The summed E-state index contributed by atoms with van der Waals surface area (Å²) in [5, 5.41) is 17.5. The maximum Gasteiger partial charge on any atom is 0.280 e. The number of anilines is 1. The summed E-state index contributed by atoms with van der Waals surface area (Å²) < 4.78 is 5.77. The summed E-state index contributed by atoms with van der Waals surface area (Å²) in [6.07, 6.45) is 1.55. The number of carbonyl (C=O) groups excluding carboxylic acids is 1. The van der Waals surface area contributed by atoms with Gasteiger partial charge in [0.05, 0.1) is 37.0 Å². The zero-order chi connectivity index (χ0) is 22.3. The van der Waals surface area contributed by atoms with Crippen LogP contribution in [0, 0.1) is 10.1 Å². The molecule has 156 valence electrons. The van der Waals surface area contributed by atoms with Crippen molar-refractivity contribution in [2.75, 3.05) is 5.01 Å². The van der Waals surface area contributed by atoms with E-state index in [4.69, 9.17) is 39.2 Å². The summed E-state index contributed by atoms with van der Waals surface area (Å²) >= 11 is 18.2. The van der Waals surface area contributed by atoms with E-state index in [1.54, 1.807) is 43.3 Å². The molecule has 0 N–H and O–H groups in total. The number of halogens is 3. The molecule has 0 unspecified atom stereocenters. The summed E-state index contributed by atoms with van der Waals surface area (Å²) in [6.45, 7) is 1.70. The fourth-order valence-corrected chi connectivity index (χ4v) is 3.51. The number of benzene rings is 2. The van der Waals surface area contributed by atoms with Gasteiger partial charge in [-0.25, -0.2) is 0 Å². The third-order valence-electron chi connectivity index (χ3n) is 4.55. The topological polar surface area (TPSA) is 89.0 Å². The summed E-state index contributed by atoms with van der Waals surface area (Å²) in [5.41, 5.74) is 1.56. The highest BCUT2D eigenvalue weighted by Gasteiger charge is 2.29. The Morgan fingerprint density at radius 2 is 1.77 bits per heavy atom. The van der Waals surface area contributed by atoms with E-state index in [9.17, 15) is 14.9 Å². The van der Waals surface area contributed by atoms with Gasteiger partial charge in [0.2, 0.25) is 0 Å². The Bertz CT molecular complexity index is 1300. The van der Waals surface area contributed by atoms with E-state index in [-0.39, 0.29) is 11.6 Å². The van der Waals surface area contributed by atoms with Gasteiger partial charge in [-0.2, -0.15) is 10.1 Å². The second kappa shape index (κ2) is 8.19. The Morgan fingerprint density at radius 3 is 2.48 bits per heavy atom. The van der Waals surface area contributed by atoms with Crippen LogP contribution >= 0.6 is 34.8 Å². The lowest BCUT2D eigenvalue weighted by molar-refractivity contribution is -0.384.